The molecule has 1 fully saturated rings. The fourth-order valence-corrected chi connectivity index (χ4v) is 4.78. The number of aromatic nitrogens is 5. The van der Waals surface area contributed by atoms with E-state index in [-0.39, 0.29) is 18.1 Å². The number of benzene rings is 1. The van der Waals surface area contributed by atoms with E-state index in [2.05, 4.69) is 25.2 Å². The molecule has 1 amide bonds. The zero-order valence-electron chi connectivity index (χ0n) is 20.8. The number of aryl methyl sites for hydroxylation is 2. The lowest BCUT2D eigenvalue weighted by atomic mass is 10.2. The number of piperazine rings is 1. The number of rotatable bonds is 6. The lowest BCUT2D eigenvalue weighted by molar-refractivity contribution is -0.117. The number of ether oxygens (including phenoxy) is 1. The first-order chi connectivity index (χ1) is 17.8. The summed E-state index contributed by atoms with van der Waals surface area (Å²) in [6.45, 7) is 4.94. The van der Waals surface area contributed by atoms with Gasteiger partial charge in [-0.3, -0.25) is 24.0 Å². The van der Waals surface area contributed by atoms with Crippen molar-refractivity contribution < 1.29 is 14.3 Å². The Morgan fingerprint density at radius 3 is 2.54 bits per heavy atom. The fourth-order valence-electron chi connectivity index (χ4n) is 4.78. The monoisotopic (exact) mass is 508 g/mol. The van der Waals surface area contributed by atoms with Crippen LogP contribution in [0.5, 0.6) is 0 Å². The van der Waals surface area contributed by atoms with Gasteiger partial charge in [-0.2, -0.15) is 4.98 Å². The summed E-state index contributed by atoms with van der Waals surface area (Å²) in [7, 11) is 2.87. The Kier molecular flexibility index (Phi) is 6.29. The number of H-pyrrole nitrogens is 2. The topological polar surface area (TPSA) is 150 Å². The molecule has 0 spiro atoms. The summed E-state index contributed by atoms with van der Waals surface area (Å²) in [4.78, 5) is 63.7. The molecule has 3 aromatic heterocycles. The summed E-state index contributed by atoms with van der Waals surface area (Å²) in [6, 6.07) is 7.33. The highest BCUT2D eigenvalue weighted by Crippen LogP contribution is 2.28. The third-order valence-electron chi connectivity index (χ3n) is 6.69. The number of imidazole rings is 1. The number of hydrogen-bond acceptors (Lipinski definition) is 8. The van der Waals surface area contributed by atoms with E-state index in [4.69, 9.17) is 4.74 Å². The summed E-state index contributed by atoms with van der Waals surface area (Å²) in [5.74, 6) is -0.184. The third kappa shape index (κ3) is 4.27. The van der Waals surface area contributed by atoms with Crippen LogP contribution < -0.4 is 21.5 Å². The smallest absolute Gasteiger partial charge is 0.356 e. The van der Waals surface area contributed by atoms with Crippen molar-refractivity contribution >= 4 is 45.6 Å². The van der Waals surface area contributed by atoms with Gasteiger partial charge in [-0.15, -0.1) is 0 Å². The van der Waals surface area contributed by atoms with Gasteiger partial charge in [-0.05, 0) is 13.0 Å². The third-order valence-corrected chi connectivity index (χ3v) is 6.69. The molecular formula is C24H28N8O5. The van der Waals surface area contributed by atoms with E-state index in [1.807, 2.05) is 36.1 Å². The predicted molar refractivity (Wildman–Crippen MR) is 138 cm³/mol. The molecule has 3 N–H and O–H groups in total. The molecule has 0 bridgehead atoms. The van der Waals surface area contributed by atoms with E-state index in [9.17, 15) is 19.2 Å². The second-order valence-electron chi connectivity index (χ2n) is 8.87. The van der Waals surface area contributed by atoms with Gasteiger partial charge in [0.15, 0.2) is 11.2 Å². The van der Waals surface area contributed by atoms with Crippen LogP contribution in [0.25, 0.3) is 22.1 Å². The van der Waals surface area contributed by atoms with Gasteiger partial charge in [0.05, 0.1) is 19.3 Å². The molecule has 1 aromatic carbocycles. The number of nitrogens with one attached hydrogen (secondary N) is 3. The summed E-state index contributed by atoms with van der Waals surface area (Å²) in [6.07, 6.45) is 0. The minimum atomic E-state index is -0.560. The van der Waals surface area contributed by atoms with Gasteiger partial charge in [0.1, 0.15) is 5.69 Å². The Hall–Kier alpha value is -4.39. The van der Waals surface area contributed by atoms with Crippen LogP contribution in [0.1, 0.15) is 17.4 Å². The van der Waals surface area contributed by atoms with Crippen LogP contribution in [-0.4, -0.2) is 80.7 Å². The Morgan fingerprint density at radius 2 is 1.84 bits per heavy atom. The fraction of sp³-hybridized carbons (Fsp3) is 0.375. The molecule has 0 aliphatic carbocycles. The first-order valence-electron chi connectivity index (χ1n) is 12.0. The Balaban J connectivity index is 1.30. The number of hydrogen-bond donors (Lipinski definition) is 3. The maximum Gasteiger partial charge on any atom is 0.356 e. The quantitative estimate of drug-likeness (QED) is 0.318. The van der Waals surface area contributed by atoms with Crippen molar-refractivity contribution in [1.82, 2.24) is 29.0 Å². The van der Waals surface area contributed by atoms with Gasteiger partial charge >= 0.3 is 11.7 Å². The maximum absolute atomic E-state index is 12.9. The number of methoxy groups -OCH3 is 1. The zero-order chi connectivity index (χ0) is 26.3. The zero-order valence-corrected chi connectivity index (χ0v) is 20.8. The predicted octanol–water partition coefficient (Wildman–Crippen LogP) is 0.472. The largest absolute Gasteiger partial charge is 0.464 e. The van der Waals surface area contributed by atoms with Crippen LogP contribution in [0.4, 0.5) is 11.6 Å². The normalized spacial score (nSPS) is 14.4. The molecule has 13 heteroatoms. The second-order valence-corrected chi connectivity index (χ2v) is 8.87. The van der Waals surface area contributed by atoms with Gasteiger partial charge in [0.25, 0.3) is 5.56 Å². The Morgan fingerprint density at radius 1 is 1.11 bits per heavy atom. The van der Waals surface area contributed by atoms with Crippen LogP contribution >= 0.6 is 0 Å². The van der Waals surface area contributed by atoms with E-state index in [0.717, 1.165) is 10.9 Å². The minimum absolute atomic E-state index is 0.145. The van der Waals surface area contributed by atoms with E-state index < -0.39 is 17.2 Å². The average Bonchev–Trinajstić information content (AvgIpc) is 3.47. The standard InChI is InChI=1S/C24H28N8O5/c1-4-32-19-20(29(2)24(36)28-21(19)34)27-23(32)31-11-9-30(10-12-31)13-16(33)26-17-14-7-5-6-8-15(14)25-18(17)22(35)37-3/h5-8,25H,4,9-13H2,1-3H3,(H,26,33)(H,28,34,36). The van der Waals surface area contributed by atoms with Crippen molar-refractivity contribution in [2.24, 2.45) is 7.05 Å². The van der Waals surface area contributed by atoms with Crippen LogP contribution in [0.2, 0.25) is 0 Å². The van der Waals surface area contributed by atoms with Crippen molar-refractivity contribution in [1.29, 1.82) is 0 Å². The number of aromatic amines is 2. The number of fused-ring (bicyclic) bond motifs is 2. The number of nitrogens with zero attached hydrogens (tertiary/aromatic N) is 5. The summed E-state index contributed by atoms with van der Waals surface area (Å²) in [5, 5.41) is 3.61. The van der Waals surface area contributed by atoms with Crippen molar-refractivity contribution in [2.45, 2.75) is 13.5 Å². The van der Waals surface area contributed by atoms with Crippen LogP contribution in [-0.2, 0) is 23.1 Å². The molecule has 37 heavy (non-hydrogen) atoms. The molecular weight excluding hydrogens is 480 g/mol. The van der Waals surface area contributed by atoms with E-state index >= 15 is 0 Å². The molecule has 4 aromatic rings. The molecule has 194 valence electrons. The van der Waals surface area contributed by atoms with Gasteiger partial charge in [-0.1, -0.05) is 18.2 Å². The molecule has 5 rings (SSSR count). The van der Waals surface area contributed by atoms with Crippen LogP contribution in [0, 0.1) is 0 Å². The molecule has 0 radical (unpaired) electrons. The summed E-state index contributed by atoms with van der Waals surface area (Å²) >= 11 is 0. The molecule has 0 atom stereocenters. The lowest BCUT2D eigenvalue weighted by Gasteiger charge is -2.35. The Bertz CT molecular complexity index is 1620. The average molecular weight is 509 g/mol. The highest BCUT2D eigenvalue weighted by Gasteiger charge is 2.26. The van der Waals surface area contributed by atoms with Gasteiger partial charge in [-0.25, -0.2) is 9.59 Å². The SMILES string of the molecule is CCn1c(N2CCN(CC(=O)Nc3c(C(=O)OC)[nH]c4ccccc34)CC2)nc2c1c(=O)[nH]c(=O)n2C. The number of para-hydroxylation sites is 1. The van der Waals surface area contributed by atoms with E-state index in [1.165, 1.54) is 11.7 Å². The lowest BCUT2D eigenvalue weighted by Crippen LogP contribution is -2.49. The van der Waals surface area contributed by atoms with Crippen molar-refractivity contribution in [2.75, 3.05) is 50.1 Å². The van der Waals surface area contributed by atoms with Gasteiger partial charge in [0.2, 0.25) is 11.9 Å². The van der Waals surface area contributed by atoms with Crippen molar-refractivity contribution in [3.05, 3.63) is 50.8 Å². The molecule has 0 saturated carbocycles. The minimum Gasteiger partial charge on any atom is -0.464 e. The van der Waals surface area contributed by atoms with E-state index in [0.29, 0.717) is 55.5 Å². The highest BCUT2D eigenvalue weighted by atomic mass is 16.5. The number of carbonyl (C=O) groups is 2. The van der Waals surface area contributed by atoms with Gasteiger partial charge < -0.3 is 24.5 Å². The number of amides is 1. The van der Waals surface area contributed by atoms with Crippen molar-refractivity contribution in [3.8, 4) is 0 Å². The van der Waals surface area contributed by atoms with E-state index in [1.54, 1.807) is 11.6 Å². The molecule has 1 saturated heterocycles. The first kappa shape index (κ1) is 24.3. The maximum atomic E-state index is 12.9. The van der Waals surface area contributed by atoms with Crippen LogP contribution in [0.15, 0.2) is 33.9 Å². The molecule has 13 nitrogen and oxygen atoms in total. The second kappa shape index (κ2) is 9.58. The summed E-state index contributed by atoms with van der Waals surface area (Å²) < 4.78 is 8.01. The molecule has 1 aliphatic rings. The van der Waals surface area contributed by atoms with Crippen LogP contribution in [0.3, 0.4) is 0 Å². The number of anilines is 2. The Labute approximate surface area is 210 Å². The molecule has 1 aliphatic heterocycles. The van der Waals surface area contributed by atoms with Gasteiger partial charge in [0, 0.05) is 50.7 Å². The highest BCUT2D eigenvalue weighted by molar-refractivity contribution is 6.11. The molecule has 4 heterocycles. The summed E-state index contributed by atoms with van der Waals surface area (Å²) in [5.41, 5.74) is 1.06. The number of esters is 1. The molecule has 0 unspecified atom stereocenters. The number of carbonyl (C=O) groups excluding carboxylic acids is 2. The first-order valence-corrected chi connectivity index (χ1v) is 12.0. The van der Waals surface area contributed by atoms with Crippen molar-refractivity contribution in [3.63, 3.8) is 0 Å².